The number of hydrogen-bond donors (Lipinski definition) is 1. The molecule has 0 unspecified atom stereocenters. The summed E-state index contributed by atoms with van der Waals surface area (Å²) in [6, 6.07) is 7.36. The Kier molecular flexibility index (Phi) is 5.11. The van der Waals surface area contributed by atoms with Crippen molar-refractivity contribution in [3.63, 3.8) is 0 Å². The molecular formula is C15H15N2O4S-. The van der Waals surface area contributed by atoms with Crippen LogP contribution in [0.1, 0.15) is 25.9 Å². The van der Waals surface area contributed by atoms with E-state index in [0.29, 0.717) is 17.2 Å². The fraction of sp³-hybridized carbons (Fsp3) is 0.267. The fourth-order valence-electron chi connectivity index (χ4n) is 1.86. The third-order valence-corrected chi connectivity index (χ3v) is 4.12. The van der Waals surface area contributed by atoms with Crippen LogP contribution in [0.4, 0.5) is 0 Å². The number of thiazole rings is 1. The number of amides is 1. The van der Waals surface area contributed by atoms with Gasteiger partial charge in [0.1, 0.15) is 10.8 Å². The Hall–Kier alpha value is -2.41. The number of nitrogens with one attached hydrogen (secondary N) is 1. The van der Waals surface area contributed by atoms with Crippen molar-refractivity contribution < 1.29 is 19.4 Å². The number of rotatable bonds is 6. The lowest BCUT2D eigenvalue weighted by atomic mass is 10.2. The van der Waals surface area contributed by atoms with E-state index < -0.39 is 5.97 Å². The van der Waals surface area contributed by atoms with E-state index in [-0.39, 0.29) is 17.2 Å². The maximum absolute atomic E-state index is 11.9. The number of aromatic carboxylic acids is 1. The Morgan fingerprint density at radius 1 is 1.32 bits per heavy atom. The first-order valence-corrected chi connectivity index (χ1v) is 7.38. The molecule has 1 heterocycles. The van der Waals surface area contributed by atoms with Gasteiger partial charge >= 0.3 is 0 Å². The monoisotopic (exact) mass is 319 g/mol. The van der Waals surface area contributed by atoms with Crippen LogP contribution in [0.5, 0.6) is 5.75 Å². The molecule has 1 amide bonds. The quantitative estimate of drug-likeness (QED) is 0.845. The predicted molar refractivity (Wildman–Crippen MR) is 79.7 cm³/mol. The average Bonchev–Trinajstić information content (AvgIpc) is 2.86. The van der Waals surface area contributed by atoms with Crippen molar-refractivity contribution in [3.05, 3.63) is 45.4 Å². The molecule has 2 aromatic rings. The number of hydrogen-bond acceptors (Lipinski definition) is 6. The lowest BCUT2D eigenvalue weighted by Gasteiger charge is -2.05. The molecule has 0 spiro atoms. The van der Waals surface area contributed by atoms with Gasteiger partial charge < -0.3 is 20.0 Å². The summed E-state index contributed by atoms with van der Waals surface area (Å²) >= 11 is 0.972. The number of carbonyl (C=O) groups excluding carboxylic acids is 2. The van der Waals surface area contributed by atoms with Gasteiger partial charge in [-0.05, 0) is 24.6 Å². The van der Waals surface area contributed by atoms with Crippen LogP contribution >= 0.6 is 11.3 Å². The first kappa shape index (κ1) is 16.0. The number of aromatic nitrogens is 1. The van der Waals surface area contributed by atoms with Gasteiger partial charge in [0, 0.05) is 6.54 Å². The molecule has 0 fully saturated rings. The maximum Gasteiger partial charge on any atom is 0.227 e. The van der Waals surface area contributed by atoms with E-state index in [1.807, 2.05) is 24.3 Å². The van der Waals surface area contributed by atoms with E-state index >= 15 is 0 Å². The van der Waals surface area contributed by atoms with E-state index in [9.17, 15) is 14.7 Å². The highest BCUT2D eigenvalue weighted by Gasteiger charge is 2.11. The van der Waals surface area contributed by atoms with Crippen molar-refractivity contribution in [2.75, 3.05) is 7.11 Å². The molecule has 2 rings (SSSR count). The van der Waals surface area contributed by atoms with Gasteiger partial charge in [-0.3, -0.25) is 4.79 Å². The van der Waals surface area contributed by atoms with E-state index in [2.05, 4.69) is 10.3 Å². The lowest BCUT2D eigenvalue weighted by molar-refractivity contribution is -0.254. The zero-order valence-corrected chi connectivity index (χ0v) is 13.0. The molecule has 0 aliphatic rings. The van der Waals surface area contributed by atoms with E-state index in [4.69, 9.17) is 4.74 Å². The number of methoxy groups -OCH3 is 1. The van der Waals surface area contributed by atoms with Gasteiger partial charge in [-0.2, -0.15) is 0 Å². The normalized spacial score (nSPS) is 10.3. The number of carboxylic acid groups (broad SMARTS) is 1. The molecule has 6 nitrogen and oxygen atoms in total. The Balaban J connectivity index is 1.89. The van der Waals surface area contributed by atoms with E-state index in [1.54, 1.807) is 14.0 Å². The third kappa shape index (κ3) is 4.05. The van der Waals surface area contributed by atoms with Crippen LogP contribution in [0.25, 0.3) is 0 Å². The number of carbonyl (C=O) groups is 2. The summed E-state index contributed by atoms with van der Waals surface area (Å²) in [7, 11) is 1.59. The van der Waals surface area contributed by atoms with Gasteiger partial charge in [0.15, 0.2) is 0 Å². The molecule has 0 aliphatic carbocycles. The summed E-state index contributed by atoms with van der Waals surface area (Å²) in [6.07, 6.45) is 0.0505. The van der Waals surface area contributed by atoms with Crippen LogP contribution in [-0.2, 0) is 17.8 Å². The van der Waals surface area contributed by atoms with E-state index in [0.717, 1.165) is 22.6 Å². The molecule has 1 N–H and O–H groups in total. The minimum absolute atomic E-state index is 0.0505. The molecule has 0 atom stereocenters. The predicted octanol–water partition coefficient (Wildman–Crippen LogP) is 0.683. The Labute approximate surface area is 131 Å². The largest absolute Gasteiger partial charge is 0.544 e. The van der Waals surface area contributed by atoms with Crippen molar-refractivity contribution in [2.45, 2.75) is 19.9 Å². The molecule has 0 saturated heterocycles. The summed E-state index contributed by atoms with van der Waals surface area (Å²) in [5, 5.41) is 14.1. The molecule has 116 valence electrons. The van der Waals surface area contributed by atoms with Crippen molar-refractivity contribution in [3.8, 4) is 5.75 Å². The number of nitrogens with zero attached hydrogens (tertiary/aromatic N) is 1. The number of aryl methyl sites for hydroxylation is 1. The van der Waals surface area contributed by atoms with Crippen LogP contribution in [0.15, 0.2) is 24.3 Å². The molecular weight excluding hydrogens is 304 g/mol. The smallest absolute Gasteiger partial charge is 0.227 e. The minimum Gasteiger partial charge on any atom is -0.544 e. The molecule has 1 aromatic heterocycles. The lowest BCUT2D eigenvalue weighted by Crippen LogP contribution is -2.24. The summed E-state index contributed by atoms with van der Waals surface area (Å²) in [5.74, 6) is -0.725. The van der Waals surface area contributed by atoms with E-state index in [1.165, 1.54) is 0 Å². The Morgan fingerprint density at radius 2 is 2.00 bits per heavy atom. The highest BCUT2D eigenvalue weighted by atomic mass is 32.1. The summed E-state index contributed by atoms with van der Waals surface area (Å²) in [6.45, 7) is 1.97. The minimum atomic E-state index is -1.26. The maximum atomic E-state index is 11.9. The zero-order valence-electron chi connectivity index (χ0n) is 12.2. The summed E-state index contributed by atoms with van der Waals surface area (Å²) in [4.78, 5) is 26.8. The van der Waals surface area contributed by atoms with Gasteiger partial charge in [0.05, 0.1) is 30.1 Å². The van der Waals surface area contributed by atoms with Crippen LogP contribution in [-0.4, -0.2) is 24.0 Å². The molecule has 0 radical (unpaired) electrons. The Bertz CT molecular complexity index is 679. The zero-order chi connectivity index (χ0) is 16.1. The standard InChI is InChI=1S/C15H16N2O4S/c1-9-14(15(19)20)22-13(17-9)7-12(18)16-8-10-3-5-11(21-2)6-4-10/h3-6H,7-8H2,1-2H3,(H,16,18)(H,19,20)/p-1. The first-order chi connectivity index (χ1) is 10.5. The van der Waals surface area contributed by atoms with Crippen molar-refractivity contribution >= 4 is 23.2 Å². The van der Waals surface area contributed by atoms with Crippen molar-refractivity contribution in [1.29, 1.82) is 0 Å². The topological polar surface area (TPSA) is 91.3 Å². The molecule has 0 saturated carbocycles. The molecule has 22 heavy (non-hydrogen) atoms. The second kappa shape index (κ2) is 7.04. The van der Waals surface area contributed by atoms with Crippen molar-refractivity contribution in [1.82, 2.24) is 10.3 Å². The van der Waals surface area contributed by atoms with Gasteiger partial charge in [-0.15, -0.1) is 11.3 Å². The molecule has 0 bridgehead atoms. The number of ether oxygens (including phenoxy) is 1. The number of carboxylic acids is 1. The Morgan fingerprint density at radius 3 is 2.55 bits per heavy atom. The van der Waals surface area contributed by atoms with Gasteiger partial charge in [-0.1, -0.05) is 12.1 Å². The second-order valence-electron chi connectivity index (χ2n) is 4.61. The second-order valence-corrected chi connectivity index (χ2v) is 5.69. The summed E-state index contributed by atoms with van der Waals surface area (Å²) in [5.41, 5.74) is 1.32. The van der Waals surface area contributed by atoms with Gasteiger partial charge in [0.2, 0.25) is 5.91 Å². The molecule has 0 aliphatic heterocycles. The SMILES string of the molecule is COc1ccc(CNC(=O)Cc2nc(C)c(C(=O)[O-])s2)cc1. The fourth-order valence-corrected chi connectivity index (χ4v) is 2.76. The molecule has 7 heteroatoms. The van der Waals surface area contributed by atoms with Crippen molar-refractivity contribution in [2.24, 2.45) is 0 Å². The highest BCUT2D eigenvalue weighted by molar-refractivity contribution is 7.13. The van der Waals surface area contributed by atoms with Crippen LogP contribution in [0, 0.1) is 6.92 Å². The average molecular weight is 319 g/mol. The van der Waals surface area contributed by atoms with Gasteiger partial charge in [0.25, 0.3) is 0 Å². The van der Waals surface area contributed by atoms with Crippen LogP contribution in [0.3, 0.4) is 0 Å². The van der Waals surface area contributed by atoms with Crippen LogP contribution < -0.4 is 15.2 Å². The highest BCUT2D eigenvalue weighted by Crippen LogP contribution is 2.17. The van der Waals surface area contributed by atoms with Gasteiger partial charge in [-0.25, -0.2) is 4.98 Å². The first-order valence-electron chi connectivity index (χ1n) is 6.57. The number of benzene rings is 1. The van der Waals surface area contributed by atoms with Crippen LogP contribution in [0.2, 0.25) is 0 Å². The summed E-state index contributed by atoms with van der Waals surface area (Å²) < 4.78 is 5.06. The third-order valence-electron chi connectivity index (χ3n) is 2.99. The molecule has 1 aromatic carbocycles.